The Morgan fingerprint density at radius 2 is 1.85 bits per heavy atom. The molecule has 0 aliphatic rings. The van der Waals surface area contributed by atoms with Gasteiger partial charge in [0.15, 0.2) is 0 Å². The number of hydrogen-bond acceptors (Lipinski definition) is 6. The predicted octanol–water partition coefficient (Wildman–Crippen LogP) is 3.24. The molecule has 0 aliphatic heterocycles. The minimum Gasteiger partial charge on any atom is -0.507 e. The molecule has 0 aliphatic carbocycles. The first-order valence-electron chi connectivity index (χ1n) is 8.07. The van der Waals surface area contributed by atoms with Gasteiger partial charge in [0.05, 0.1) is 12.8 Å². The van der Waals surface area contributed by atoms with E-state index in [-0.39, 0.29) is 22.1 Å². The summed E-state index contributed by atoms with van der Waals surface area (Å²) in [5.74, 6) is 0.308. The van der Waals surface area contributed by atoms with Gasteiger partial charge in [-0.3, -0.25) is 9.55 Å². The summed E-state index contributed by atoms with van der Waals surface area (Å²) in [6, 6.07) is 9.32. The largest absolute Gasteiger partial charge is 0.507 e. The Kier molecular flexibility index (Phi) is 6.23. The third kappa shape index (κ3) is 4.53. The molecule has 2 N–H and O–H groups in total. The van der Waals surface area contributed by atoms with Gasteiger partial charge in [0.1, 0.15) is 16.4 Å². The highest BCUT2D eigenvalue weighted by molar-refractivity contribution is 7.86. The molecule has 0 unspecified atom stereocenters. The second-order valence-electron chi connectivity index (χ2n) is 5.48. The first kappa shape index (κ1) is 19.7. The number of nitrogens with zero attached hydrogens (tertiary/aromatic N) is 2. The number of anilines is 1. The molecule has 140 valence electrons. The number of methoxy groups -OCH3 is 1. The van der Waals surface area contributed by atoms with Crippen molar-refractivity contribution >= 4 is 27.7 Å². The fourth-order valence-electron chi connectivity index (χ4n) is 2.50. The molecule has 0 saturated carbocycles. The van der Waals surface area contributed by atoms with Crippen molar-refractivity contribution in [3.05, 3.63) is 42.0 Å². The van der Waals surface area contributed by atoms with Crippen LogP contribution in [0.15, 0.2) is 46.3 Å². The molecule has 0 bridgehead atoms. The summed E-state index contributed by atoms with van der Waals surface area (Å²) < 4.78 is 37.5. The summed E-state index contributed by atoms with van der Waals surface area (Å²) in [4.78, 5) is 5.82. The van der Waals surface area contributed by atoms with Gasteiger partial charge in [-0.1, -0.05) is 0 Å². The molecule has 26 heavy (non-hydrogen) atoms. The Labute approximate surface area is 153 Å². The molecule has 0 heterocycles. The van der Waals surface area contributed by atoms with Crippen molar-refractivity contribution in [2.24, 2.45) is 4.99 Å². The molecule has 7 nitrogen and oxygen atoms in total. The first-order valence-corrected chi connectivity index (χ1v) is 9.51. The zero-order valence-corrected chi connectivity index (χ0v) is 15.7. The van der Waals surface area contributed by atoms with Gasteiger partial charge in [-0.2, -0.15) is 8.42 Å². The van der Waals surface area contributed by atoms with Crippen molar-refractivity contribution in [1.82, 2.24) is 0 Å². The summed E-state index contributed by atoms with van der Waals surface area (Å²) in [5, 5.41) is 10.2. The third-order valence-corrected chi connectivity index (χ3v) is 4.81. The number of aromatic hydroxyl groups is 1. The fraction of sp³-hybridized carbons (Fsp3) is 0.278. The molecule has 0 fully saturated rings. The standard InChI is InChI=1S/C18H22N2O5S/c1-4-20(5-2)14-7-6-13(17(21)10-14)12-19-16-9-8-15(25-3)11-18(16)26(22,23)24/h6-12,21H,4-5H2,1-3H3,(H,22,23,24). The van der Waals surface area contributed by atoms with Crippen LogP contribution < -0.4 is 9.64 Å². The minimum atomic E-state index is -4.47. The molecule has 0 aromatic heterocycles. The van der Waals surface area contributed by atoms with Crippen LogP contribution in [0.2, 0.25) is 0 Å². The predicted molar refractivity (Wildman–Crippen MR) is 102 cm³/mol. The van der Waals surface area contributed by atoms with Gasteiger partial charge in [-0.25, -0.2) is 0 Å². The van der Waals surface area contributed by atoms with Crippen molar-refractivity contribution in [3.8, 4) is 11.5 Å². The number of phenols is 1. The number of ether oxygens (including phenoxy) is 1. The van der Waals surface area contributed by atoms with E-state index in [1.165, 1.54) is 31.5 Å². The maximum absolute atomic E-state index is 11.6. The lowest BCUT2D eigenvalue weighted by molar-refractivity contribution is 0.412. The number of aliphatic imine (C=N–C) groups is 1. The van der Waals surface area contributed by atoms with E-state index in [1.54, 1.807) is 12.1 Å². The van der Waals surface area contributed by atoms with Crippen LogP contribution in [-0.2, 0) is 10.1 Å². The van der Waals surface area contributed by atoms with E-state index in [4.69, 9.17) is 4.74 Å². The molecular weight excluding hydrogens is 356 g/mol. The van der Waals surface area contributed by atoms with Gasteiger partial charge < -0.3 is 14.7 Å². The van der Waals surface area contributed by atoms with Crippen molar-refractivity contribution in [2.75, 3.05) is 25.1 Å². The van der Waals surface area contributed by atoms with E-state index in [2.05, 4.69) is 9.89 Å². The van der Waals surface area contributed by atoms with E-state index < -0.39 is 10.1 Å². The highest BCUT2D eigenvalue weighted by atomic mass is 32.2. The number of rotatable bonds is 7. The average Bonchev–Trinajstić information content (AvgIpc) is 2.61. The Balaban J connectivity index is 2.39. The zero-order valence-electron chi connectivity index (χ0n) is 14.9. The fourth-order valence-corrected chi connectivity index (χ4v) is 3.15. The Morgan fingerprint density at radius 1 is 1.15 bits per heavy atom. The second kappa shape index (κ2) is 8.20. The van der Waals surface area contributed by atoms with Crippen molar-refractivity contribution in [1.29, 1.82) is 0 Å². The van der Waals surface area contributed by atoms with Gasteiger partial charge in [0.2, 0.25) is 0 Å². The van der Waals surface area contributed by atoms with Crippen LogP contribution in [0.4, 0.5) is 11.4 Å². The van der Waals surface area contributed by atoms with Crippen molar-refractivity contribution in [2.45, 2.75) is 18.7 Å². The Morgan fingerprint density at radius 3 is 2.38 bits per heavy atom. The number of hydrogen-bond donors (Lipinski definition) is 2. The van der Waals surface area contributed by atoms with Crippen LogP contribution in [0.5, 0.6) is 11.5 Å². The summed E-state index contributed by atoms with van der Waals surface area (Å²) >= 11 is 0. The highest BCUT2D eigenvalue weighted by Gasteiger charge is 2.16. The monoisotopic (exact) mass is 378 g/mol. The Hall–Kier alpha value is -2.58. The van der Waals surface area contributed by atoms with Crippen LogP contribution in [0.25, 0.3) is 0 Å². The molecule has 2 aromatic carbocycles. The molecule has 8 heteroatoms. The topological polar surface area (TPSA) is 99.4 Å². The number of benzene rings is 2. The lowest BCUT2D eigenvalue weighted by Crippen LogP contribution is -2.21. The van der Waals surface area contributed by atoms with Gasteiger partial charge >= 0.3 is 0 Å². The number of phenolic OH excluding ortho intramolecular Hbond substituents is 1. The molecular formula is C18H22N2O5S. The molecule has 0 saturated heterocycles. The second-order valence-corrected chi connectivity index (χ2v) is 6.87. The summed E-state index contributed by atoms with van der Waals surface area (Å²) in [6.45, 7) is 5.67. The maximum Gasteiger partial charge on any atom is 0.296 e. The Bertz CT molecular complexity index is 906. The molecule has 0 spiro atoms. The lowest BCUT2D eigenvalue weighted by Gasteiger charge is -2.21. The van der Waals surface area contributed by atoms with Crippen LogP contribution in [0.1, 0.15) is 19.4 Å². The highest BCUT2D eigenvalue weighted by Crippen LogP contribution is 2.29. The SMILES string of the molecule is CCN(CC)c1ccc(C=Nc2ccc(OC)cc2S(=O)(=O)O)c(O)c1. The van der Waals surface area contributed by atoms with Gasteiger partial charge in [0.25, 0.3) is 10.1 Å². The molecule has 0 amide bonds. The lowest BCUT2D eigenvalue weighted by atomic mass is 10.2. The summed E-state index contributed by atoms with van der Waals surface area (Å²) in [7, 11) is -3.08. The van der Waals surface area contributed by atoms with Crippen LogP contribution in [-0.4, -0.2) is 44.5 Å². The first-order chi connectivity index (χ1) is 12.3. The molecule has 0 radical (unpaired) electrons. The van der Waals surface area contributed by atoms with Crippen molar-refractivity contribution < 1.29 is 22.8 Å². The van der Waals surface area contributed by atoms with E-state index in [9.17, 15) is 18.1 Å². The quantitative estimate of drug-likeness (QED) is 0.567. The van der Waals surface area contributed by atoms with Crippen LogP contribution in [0.3, 0.4) is 0 Å². The van der Waals surface area contributed by atoms with E-state index in [1.807, 2.05) is 19.9 Å². The molecule has 2 rings (SSSR count). The van der Waals surface area contributed by atoms with Gasteiger partial charge in [-0.15, -0.1) is 0 Å². The summed E-state index contributed by atoms with van der Waals surface area (Å²) in [6.07, 6.45) is 1.35. The maximum atomic E-state index is 11.6. The molecule has 0 atom stereocenters. The van der Waals surface area contributed by atoms with Crippen LogP contribution >= 0.6 is 0 Å². The minimum absolute atomic E-state index is 0.0278. The normalized spacial score (nSPS) is 11.7. The van der Waals surface area contributed by atoms with Crippen LogP contribution in [0, 0.1) is 0 Å². The van der Waals surface area contributed by atoms with E-state index in [0.29, 0.717) is 5.56 Å². The summed E-state index contributed by atoms with van der Waals surface area (Å²) in [5.41, 5.74) is 1.35. The third-order valence-electron chi connectivity index (χ3n) is 3.93. The van der Waals surface area contributed by atoms with Crippen molar-refractivity contribution in [3.63, 3.8) is 0 Å². The average molecular weight is 378 g/mol. The van der Waals surface area contributed by atoms with E-state index >= 15 is 0 Å². The van der Waals surface area contributed by atoms with Gasteiger partial charge in [-0.05, 0) is 38.1 Å². The van der Waals surface area contributed by atoms with E-state index in [0.717, 1.165) is 18.8 Å². The molecule has 2 aromatic rings. The smallest absolute Gasteiger partial charge is 0.296 e. The van der Waals surface area contributed by atoms with Gasteiger partial charge in [0, 0.05) is 42.7 Å². The zero-order chi connectivity index (χ0) is 19.3.